The zero-order valence-electron chi connectivity index (χ0n) is 12.9. The van der Waals surface area contributed by atoms with E-state index in [2.05, 4.69) is 5.32 Å². The summed E-state index contributed by atoms with van der Waals surface area (Å²) in [5, 5.41) is 2.75. The number of carbonyl (C=O) groups excluding carboxylic acids is 2. The Morgan fingerprint density at radius 1 is 1.33 bits per heavy atom. The number of nitrogens with two attached hydrogens (primary N) is 1. The van der Waals surface area contributed by atoms with E-state index in [1.165, 1.54) is 7.11 Å². The van der Waals surface area contributed by atoms with Gasteiger partial charge in [-0.2, -0.15) is 0 Å². The first-order valence-electron chi connectivity index (χ1n) is 7.13. The van der Waals surface area contributed by atoms with Gasteiger partial charge in [-0.1, -0.05) is 43.7 Å². The highest BCUT2D eigenvalue weighted by molar-refractivity contribution is 5.87. The molecule has 1 aromatic rings. The topological polar surface area (TPSA) is 81.4 Å². The molecule has 0 saturated heterocycles. The van der Waals surface area contributed by atoms with Crippen molar-refractivity contribution < 1.29 is 14.3 Å². The van der Waals surface area contributed by atoms with Gasteiger partial charge in [-0.25, -0.2) is 4.79 Å². The van der Waals surface area contributed by atoms with Crippen molar-refractivity contribution in [2.45, 2.75) is 44.7 Å². The molecule has 5 nitrogen and oxygen atoms in total. The molecular weight excluding hydrogens is 268 g/mol. The fourth-order valence-electron chi connectivity index (χ4n) is 2.32. The van der Waals surface area contributed by atoms with Crippen LogP contribution in [0.5, 0.6) is 0 Å². The van der Waals surface area contributed by atoms with Crippen LogP contribution >= 0.6 is 0 Å². The lowest BCUT2D eigenvalue weighted by atomic mass is 9.95. The van der Waals surface area contributed by atoms with Crippen LogP contribution < -0.4 is 11.1 Å². The minimum Gasteiger partial charge on any atom is -0.467 e. The van der Waals surface area contributed by atoms with E-state index < -0.39 is 17.6 Å². The second-order valence-corrected chi connectivity index (χ2v) is 5.34. The van der Waals surface area contributed by atoms with E-state index in [1.807, 2.05) is 37.3 Å². The molecule has 21 heavy (non-hydrogen) atoms. The van der Waals surface area contributed by atoms with Gasteiger partial charge >= 0.3 is 5.97 Å². The number of esters is 1. The molecule has 2 atom stereocenters. The van der Waals surface area contributed by atoms with Crippen molar-refractivity contribution >= 4 is 11.9 Å². The fourth-order valence-corrected chi connectivity index (χ4v) is 2.32. The first kappa shape index (κ1) is 17.2. The summed E-state index contributed by atoms with van der Waals surface area (Å²) in [5.74, 6) is -0.696. The van der Waals surface area contributed by atoms with Gasteiger partial charge in [0.25, 0.3) is 0 Å². The summed E-state index contributed by atoms with van der Waals surface area (Å²) in [6, 6.07) is 9.01. The van der Waals surface area contributed by atoms with Gasteiger partial charge < -0.3 is 15.8 Å². The standard InChI is InChI=1S/C16H24N2O3/c1-4-10-16(2,15(20)21-3)18-14(19)11-13(17)12-8-6-5-7-9-12/h5-9,13H,4,10-11,17H2,1-3H3,(H,18,19). The lowest BCUT2D eigenvalue weighted by molar-refractivity contribution is -0.150. The van der Waals surface area contributed by atoms with Crippen molar-refractivity contribution in [2.75, 3.05) is 7.11 Å². The molecule has 1 aromatic carbocycles. The number of rotatable bonds is 7. The van der Waals surface area contributed by atoms with E-state index in [4.69, 9.17) is 10.5 Å². The molecule has 0 aliphatic carbocycles. The third-order valence-electron chi connectivity index (χ3n) is 3.43. The van der Waals surface area contributed by atoms with Gasteiger partial charge in [-0.05, 0) is 18.9 Å². The van der Waals surface area contributed by atoms with Crippen molar-refractivity contribution in [3.05, 3.63) is 35.9 Å². The summed E-state index contributed by atoms with van der Waals surface area (Å²) in [6.45, 7) is 3.62. The summed E-state index contributed by atoms with van der Waals surface area (Å²) in [6.07, 6.45) is 1.41. The summed E-state index contributed by atoms with van der Waals surface area (Å²) in [7, 11) is 1.32. The van der Waals surface area contributed by atoms with Crippen LogP contribution in [0.3, 0.4) is 0 Å². The summed E-state index contributed by atoms with van der Waals surface area (Å²) in [5.41, 5.74) is 5.91. The second-order valence-electron chi connectivity index (χ2n) is 5.34. The van der Waals surface area contributed by atoms with Gasteiger partial charge in [0.2, 0.25) is 5.91 Å². The van der Waals surface area contributed by atoms with Crippen molar-refractivity contribution in [3.63, 3.8) is 0 Å². The smallest absolute Gasteiger partial charge is 0.331 e. The SMILES string of the molecule is CCCC(C)(NC(=O)CC(N)c1ccccc1)C(=O)OC. The first-order chi connectivity index (χ1) is 9.92. The van der Waals surface area contributed by atoms with Crippen molar-refractivity contribution in [1.82, 2.24) is 5.32 Å². The van der Waals surface area contributed by atoms with Gasteiger partial charge in [0.15, 0.2) is 0 Å². The Hall–Kier alpha value is -1.88. The summed E-state index contributed by atoms with van der Waals surface area (Å²) >= 11 is 0. The molecule has 0 aromatic heterocycles. The number of ether oxygens (including phenoxy) is 1. The Morgan fingerprint density at radius 2 is 1.95 bits per heavy atom. The van der Waals surface area contributed by atoms with Crippen LogP contribution in [0.2, 0.25) is 0 Å². The maximum Gasteiger partial charge on any atom is 0.331 e. The average molecular weight is 292 g/mol. The molecule has 1 rings (SSSR count). The monoisotopic (exact) mass is 292 g/mol. The van der Waals surface area contributed by atoms with Crippen molar-refractivity contribution in [1.29, 1.82) is 0 Å². The van der Waals surface area contributed by atoms with E-state index in [-0.39, 0.29) is 12.3 Å². The third kappa shape index (κ3) is 4.86. The van der Waals surface area contributed by atoms with Crippen LogP contribution in [0.15, 0.2) is 30.3 Å². The van der Waals surface area contributed by atoms with Gasteiger partial charge in [0, 0.05) is 12.5 Å². The molecule has 116 valence electrons. The maximum atomic E-state index is 12.1. The molecule has 1 amide bonds. The summed E-state index contributed by atoms with van der Waals surface area (Å²) in [4.78, 5) is 24.0. The minimum atomic E-state index is -1.00. The number of carbonyl (C=O) groups is 2. The van der Waals surface area contributed by atoms with Crippen molar-refractivity contribution in [2.24, 2.45) is 5.73 Å². The van der Waals surface area contributed by atoms with E-state index in [9.17, 15) is 9.59 Å². The lowest BCUT2D eigenvalue weighted by Gasteiger charge is -2.28. The Bertz CT molecular complexity index is 476. The molecule has 0 heterocycles. The normalized spacial score (nSPS) is 14.9. The third-order valence-corrected chi connectivity index (χ3v) is 3.43. The average Bonchev–Trinajstić information content (AvgIpc) is 2.47. The largest absolute Gasteiger partial charge is 0.467 e. The summed E-state index contributed by atoms with van der Waals surface area (Å²) < 4.78 is 4.77. The highest BCUT2D eigenvalue weighted by Crippen LogP contribution is 2.17. The van der Waals surface area contributed by atoms with Gasteiger partial charge in [0.05, 0.1) is 7.11 Å². The van der Waals surface area contributed by atoms with Crippen LogP contribution in [0.4, 0.5) is 0 Å². The van der Waals surface area contributed by atoms with E-state index in [1.54, 1.807) is 6.92 Å². The molecule has 0 aliphatic heterocycles. The second kappa shape index (κ2) is 7.78. The molecule has 0 radical (unpaired) electrons. The lowest BCUT2D eigenvalue weighted by Crippen LogP contribution is -2.53. The first-order valence-corrected chi connectivity index (χ1v) is 7.13. The van der Waals surface area contributed by atoms with Gasteiger partial charge in [0.1, 0.15) is 5.54 Å². The zero-order valence-corrected chi connectivity index (χ0v) is 12.9. The van der Waals surface area contributed by atoms with Crippen LogP contribution in [-0.2, 0) is 14.3 Å². The predicted octanol–water partition coefficient (Wildman–Crippen LogP) is 1.92. The molecule has 5 heteroatoms. The molecule has 0 saturated carbocycles. The Kier molecular flexibility index (Phi) is 6.37. The van der Waals surface area contributed by atoms with Crippen LogP contribution in [-0.4, -0.2) is 24.5 Å². The van der Waals surface area contributed by atoms with Crippen LogP contribution in [0.25, 0.3) is 0 Å². The number of amides is 1. The maximum absolute atomic E-state index is 12.1. The van der Waals surface area contributed by atoms with E-state index >= 15 is 0 Å². The molecule has 2 unspecified atom stereocenters. The zero-order chi connectivity index (χ0) is 15.9. The quantitative estimate of drug-likeness (QED) is 0.752. The number of hydrogen-bond donors (Lipinski definition) is 2. The van der Waals surface area contributed by atoms with Crippen LogP contribution in [0, 0.1) is 0 Å². The molecule has 3 N–H and O–H groups in total. The highest BCUT2D eigenvalue weighted by Gasteiger charge is 2.35. The van der Waals surface area contributed by atoms with Crippen LogP contribution in [0.1, 0.15) is 44.7 Å². The molecular formula is C16H24N2O3. The molecule has 0 bridgehead atoms. The highest BCUT2D eigenvalue weighted by atomic mass is 16.5. The number of nitrogens with one attached hydrogen (secondary N) is 1. The van der Waals surface area contributed by atoms with Gasteiger partial charge in [-0.3, -0.25) is 4.79 Å². The van der Waals surface area contributed by atoms with E-state index in [0.29, 0.717) is 6.42 Å². The molecule has 0 aliphatic rings. The number of methoxy groups -OCH3 is 1. The fraction of sp³-hybridized carbons (Fsp3) is 0.500. The van der Waals surface area contributed by atoms with E-state index in [0.717, 1.165) is 12.0 Å². The Balaban J connectivity index is 2.68. The molecule has 0 fully saturated rings. The Labute approximate surface area is 125 Å². The van der Waals surface area contributed by atoms with Gasteiger partial charge in [-0.15, -0.1) is 0 Å². The van der Waals surface area contributed by atoms with Crippen molar-refractivity contribution in [3.8, 4) is 0 Å². The predicted molar refractivity (Wildman–Crippen MR) is 81.5 cm³/mol. The Morgan fingerprint density at radius 3 is 2.48 bits per heavy atom. The number of benzene rings is 1. The number of hydrogen-bond acceptors (Lipinski definition) is 4. The molecule has 0 spiro atoms. The minimum absolute atomic E-state index is 0.125.